The van der Waals surface area contributed by atoms with Crippen LogP contribution >= 0.6 is 0 Å². The van der Waals surface area contributed by atoms with Gasteiger partial charge in [0.1, 0.15) is 0 Å². The zero-order valence-electron chi connectivity index (χ0n) is 15.3. The number of esters is 2. The molecule has 1 fully saturated rings. The summed E-state index contributed by atoms with van der Waals surface area (Å²) in [6, 6.07) is 0. The summed E-state index contributed by atoms with van der Waals surface area (Å²) >= 11 is 0. The Hall–Kier alpha value is -0.963. The highest BCUT2D eigenvalue weighted by molar-refractivity contribution is 6.69. The second-order valence-corrected chi connectivity index (χ2v) is 11.1. The maximum Gasteiger partial charge on any atom is 0.310 e. The molecule has 24 heavy (non-hydrogen) atoms. The van der Waals surface area contributed by atoms with Crippen molar-refractivity contribution < 1.29 is 33.0 Å². The van der Waals surface area contributed by atoms with Crippen LogP contribution in [0.5, 0.6) is 0 Å². The van der Waals surface area contributed by atoms with Crippen molar-refractivity contribution >= 4 is 20.3 Å². The minimum absolute atomic E-state index is 0.00336. The fraction of sp³-hybridized carbons (Fsp3) is 0.875. The van der Waals surface area contributed by atoms with Crippen molar-refractivity contribution in [1.82, 2.24) is 0 Å². The fourth-order valence-corrected chi connectivity index (χ4v) is 2.99. The van der Waals surface area contributed by atoms with Crippen molar-refractivity contribution in [3.05, 3.63) is 0 Å². The van der Waals surface area contributed by atoms with Crippen molar-refractivity contribution in [1.29, 1.82) is 0 Å². The lowest BCUT2D eigenvalue weighted by atomic mass is 10.1. The molecule has 0 saturated carbocycles. The number of rotatable bonds is 9. The molecule has 1 aliphatic heterocycles. The highest BCUT2D eigenvalue weighted by Crippen LogP contribution is 2.24. The van der Waals surface area contributed by atoms with E-state index in [4.69, 9.17) is 23.4 Å². The number of hydrogen-bond acceptors (Lipinski definition) is 7. The van der Waals surface area contributed by atoms with Gasteiger partial charge in [-0.25, -0.2) is 0 Å². The molecular formula is C16H30O7Si. The third-order valence-electron chi connectivity index (χ3n) is 3.25. The molecule has 1 aliphatic rings. The molecule has 1 heterocycles. The van der Waals surface area contributed by atoms with Crippen LogP contribution in [0.25, 0.3) is 0 Å². The van der Waals surface area contributed by atoms with E-state index >= 15 is 0 Å². The van der Waals surface area contributed by atoms with Crippen LogP contribution in [0, 0.1) is 0 Å². The molecule has 0 aromatic rings. The number of carbonyl (C=O) groups excluding carboxylic acids is 2. The Morgan fingerprint density at radius 1 is 0.958 bits per heavy atom. The topological polar surface area (TPSA) is 80.3 Å². The summed E-state index contributed by atoms with van der Waals surface area (Å²) < 4.78 is 27.3. The molecule has 0 N–H and O–H groups in total. The first kappa shape index (κ1) is 21.1. The average molecular weight is 362 g/mol. The van der Waals surface area contributed by atoms with Gasteiger partial charge in [-0.15, -0.1) is 0 Å². The summed E-state index contributed by atoms with van der Waals surface area (Å²) in [7, 11) is -1.68. The molecule has 1 rings (SSSR count). The van der Waals surface area contributed by atoms with Crippen LogP contribution < -0.4 is 0 Å². The monoisotopic (exact) mass is 362 g/mol. The molecule has 3 atom stereocenters. The predicted octanol–water partition coefficient (Wildman–Crippen LogP) is 2.24. The van der Waals surface area contributed by atoms with Crippen LogP contribution in [0.1, 0.15) is 33.1 Å². The lowest BCUT2D eigenvalue weighted by Crippen LogP contribution is -2.44. The lowest BCUT2D eigenvalue weighted by Gasteiger charge is -2.36. The Bertz CT molecular complexity index is 380. The van der Waals surface area contributed by atoms with Gasteiger partial charge in [0.15, 0.2) is 14.6 Å². The van der Waals surface area contributed by atoms with Gasteiger partial charge in [-0.1, -0.05) is 0 Å². The largest absolute Gasteiger partial charge is 0.466 e. The van der Waals surface area contributed by atoms with E-state index in [-0.39, 0.29) is 37.0 Å². The van der Waals surface area contributed by atoms with E-state index in [9.17, 15) is 9.59 Å². The van der Waals surface area contributed by atoms with Gasteiger partial charge < -0.3 is 23.4 Å². The fourth-order valence-electron chi connectivity index (χ4n) is 2.31. The predicted molar refractivity (Wildman–Crippen MR) is 89.9 cm³/mol. The summed E-state index contributed by atoms with van der Waals surface area (Å²) in [6.07, 6.45) is -0.636. The highest BCUT2D eigenvalue weighted by Gasteiger charge is 2.34. The highest BCUT2D eigenvalue weighted by atomic mass is 28.4. The zero-order chi connectivity index (χ0) is 18.2. The average Bonchev–Trinajstić information content (AvgIpc) is 2.44. The molecule has 0 spiro atoms. The van der Waals surface area contributed by atoms with Crippen molar-refractivity contribution in [2.75, 3.05) is 19.8 Å². The summed E-state index contributed by atoms with van der Waals surface area (Å²) in [4.78, 5) is 23.4. The third-order valence-corrected chi connectivity index (χ3v) is 4.29. The summed E-state index contributed by atoms with van der Waals surface area (Å²) in [5, 5.41) is 0. The van der Waals surface area contributed by atoms with E-state index in [0.29, 0.717) is 26.2 Å². The number of carbonyl (C=O) groups is 2. The molecule has 0 radical (unpaired) electrons. The smallest absolute Gasteiger partial charge is 0.310 e. The van der Waals surface area contributed by atoms with Gasteiger partial charge >= 0.3 is 11.9 Å². The Labute approximate surface area is 145 Å². The standard InChI is InChI=1S/C16H30O7Si/c1-6-19-14(17)9-12-8-13(11-21-24(3,4)5)23-16(22-12)10-15(18)20-7-2/h12-13,16H,6-11H2,1-5H3/t12-,13+,16?/m1/s1. The van der Waals surface area contributed by atoms with Gasteiger partial charge in [0.05, 0.1) is 44.9 Å². The zero-order valence-corrected chi connectivity index (χ0v) is 16.3. The van der Waals surface area contributed by atoms with E-state index in [2.05, 4.69) is 19.6 Å². The second kappa shape index (κ2) is 10.1. The Morgan fingerprint density at radius 2 is 1.50 bits per heavy atom. The quantitative estimate of drug-likeness (QED) is 0.460. The number of hydrogen-bond donors (Lipinski definition) is 0. The van der Waals surface area contributed by atoms with E-state index in [1.165, 1.54) is 0 Å². The molecule has 0 aliphatic carbocycles. The van der Waals surface area contributed by atoms with Crippen molar-refractivity contribution in [3.8, 4) is 0 Å². The SMILES string of the molecule is CCOC(=O)CC1O[C@H](CO[Si](C)(C)C)C[C@H](CC(=O)OCC)O1. The Morgan fingerprint density at radius 3 is 2.04 bits per heavy atom. The molecular weight excluding hydrogens is 332 g/mol. The van der Waals surface area contributed by atoms with Gasteiger partial charge in [0.2, 0.25) is 0 Å². The molecule has 0 aromatic heterocycles. The van der Waals surface area contributed by atoms with E-state index in [1.807, 2.05) is 0 Å². The lowest BCUT2D eigenvalue weighted by molar-refractivity contribution is -0.251. The maximum absolute atomic E-state index is 11.7. The van der Waals surface area contributed by atoms with Crippen LogP contribution in [-0.2, 0) is 33.0 Å². The Balaban J connectivity index is 2.63. The molecule has 0 bridgehead atoms. The molecule has 1 unspecified atom stereocenters. The normalized spacial score (nSPS) is 24.5. The summed E-state index contributed by atoms with van der Waals surface area (Å²) in [5.41, 5.74) is 0. The van der Waals surface area contributed by atoms with E-state index in [0.717, 1.165) is 0 Å². The van der Waals surface area contributed by atoms with E-state index < -0.39 is 14.6 Å². The van der Waals surface area contributed by atoms with Gasteiger partial charge in [0, 0.05) is 6.42 Å². The molecule has 140 valence electrons. The van der Waals surface area contributed by atoms with E-state index in [1.54, 1.807) is 13.8 Å². The van der Waals surface area contributed by atoms with Crippen molar-refractivity contribution in [2.45, 2.75) is 71.2 Å². The van der Waals surface area contributed by atoms with Crippen LogP contribution in [0.2, 0.25) is 19.6 Å². The van der Waals surface area contributed by atoms with Crippen molar-refractivity contribution in [3.63, 3.8) is 0 Å². The van der Waals surface area contributed by atoms with Crippen LogP contribution in [0.3, 0.4) is 0 Å². The maximum atomic E-state index is 11.7. The van der Waals surface area contributed by atoms with Crippen LogP contribution in [0.4, 0.5) is 0 Å². The Kier molecular flexibility index (Phi) is 8.89. The van der Waals surface area contributed by atoms with Crippen LogP contribution in [0.15, 0.2) is 0 Å². The summed E-state index contributed by atoms with van der Waals surface area (Å²) in [6.45, 7) is 10.9. The molecule has 7 nitrogen and oxygen atoms in total. The first-order valence-corrected chi connectivity index (χ1v) is 11.9. The van der Waals surface area contributed by atoms with Gasteiger partial charge in [0.25, 0.3) is 0 Å². The minimum atomic E-state index is -1.68. The first-order chi connectivity index (χ1) is 11.2. The molecule has 1 saturated heterocycles. The summed E-state index contributed by atoms with van der Waals surface area (Å²) in [5.74, 6) is -0.701. The molecule has 0 amide bonds. The van der Waals surface area contributed by atoms with Crippen molar-refractivity contribution in [2.24, 2.45) is 0 Å². The van der Waals surface area contributed by atoms with Gasteiger partial charge in [-0.3, -0.25) is 9.59 Å². The molecule has 0 aromatic carbocycles. The number of ether oxygens (including phenoxy) is 4. The molecule has 8 heteroatoms. The third kappa shape index (κ3) is 8.77. The second-order valence-electron chi connectivity index (χ2n) is 6.62. The minimum Gasteiger partial charge on any atom is -0.466 e. The van der Waals surface area contributed by atoms with Gasteiger partial charge in [-0.2, -0.15) is 0 Å². The first-order valence-electron chi connectivity index (χ1n) is 8.49. The van der Waals surface area contributed by atoms with Crippen LogP contribution in [-0.4, -0.2) is 58.6 Å². The van der Waals surface area contributed by atoms with Gasteiger partial charge in [-0.05, 0) is 33.5 Å².